The molecule has 0 bridgehead atoms. The van der Waals surface area contributed by atoms with Gasteiger partial charge in [-0.2, -0.15) is 0 Å². The van der Waals surface area contributed by atoms with Crippen LogP contribution in [0.5, 0.6) is 0 Å². The second-order valence-electron chi connectivity index (χ2n) is 6.49. The summed E-state index contributed by atoms with van der Waals surface area (Å²) in [5, 5.41) is 0. The number of halogens is 2. The zero-order valence-corrected chi connectivity index (χ0v) is 12.2. The highest BCUT2D eigenvalue weighted by Gasteiger charge is 2.23. The standard InChI is InChI=1S/C12H24Cl2O/c1-11(2,3)7-9(13)15-10(14)8-12(4,5)6/h9-10H,7-8H2,1-6H3. The van der Waals surface area contributed by atoms with E-state index in [9.17, 15) is 0 Å². The third-order valence-corrected chi connectivity index (χ3v) is 2.36. The van der Waals surface area contributed by atoms with E-state index in [-0.39, 0.29) is 22.0 Å². The minimum atomic E-state index is -0.296. The molecule has 0 aromatic heterocycles. The molecule has 3 heteroatoms. The quantitative estimate of drug-likeness (QED) is 0.642. The lowest BCUT2D eigenvalue weighted by atomic mass is 9.92. The second kappa shape index (κ2) is 5.75. The maximum Gasteiger partial charge on any atom is 0.133 e. The summed E-state index contributed by atoms with van der Waals surface area (Å²) in [6.07, 6.45) is 1.61. The van der Waals surface area contributed by atoms with Gasteiger partial charge in [-0.3, -0.25) is 0 Å². The Balaban J connectivity index is 3.92. The average molecular weight is 255 g/mol. The van der Waals surface area contributed by atoms with E-state index in [2.05, 4.69) is 41.5 Å². The summed E-state index contributed by atoms with van der Waals surface area (Å²) in [6.45, 7) is 12.8. The molecule has 92 valence electrons. The van der Waals surface area contributed by atoms with Crippen molar-refractivity contribution >= 4 is 23.2 Å². The molecule has 0 rings (SSSR count). The average Bonchev–Trinajstić information content (AvgIpc) is 1.73. The molecule has 2 atom stereocenters. The third kappa shape index (κ3) is 10.8. The summed E-state index contributed by atoms with van der Waals surface area (Å²) < 4.78 is 5.53. The lowest BCUT2D eigenvalue weighted by molar-refractivity contribution is 0.0371. The van der Waals surface area contributed by atoms with Crippen LogP contribution in [-0.2, 0) is 4.74 Å². The molecule has 15 heavy (non-hydrogen) atoms. The number of rotatable bonds is 4. The Morgan fingerprint density at radius 2 is 1.07 bits per heavy atom. The lowest BCUT2D eigenvalue weighted by Gasteiger charge is -2.26. The lowest BCUT2D eigenvalue weighted by Crippen LogP contribution is -2.22. The Morgan fingerprint density at radius 1 is 0.800 bits per heavy atom. The van der Waals surface area contributed by atoms with Crippen molar-refractivity contribution in [2.75, 3.05) is 0 Å². The zero-order chi connectivity index (χ0) is 12.3. The van der Waals surface area contributed by atoms with Crippen molar-refractivity contribution in [1.29, 1.82) is 0 Å². The monoisotopic (exact) mass is 254 g/mol. The van der Waals surface area contributed by atoms with Crippen LogP contribution in [-0.4, -0.2) is 11.1 Å². The van der Waals surface area contributed by atoms with Crippen LogP contribution >= 0.6 is 23.2 Å². The van der Waals surface area contributed by atoms with E-state index < -0.39 is 0 Å². The third-order valence-electron chi connectivity index (χ3n) is 1.84. The molecule has 0 spiro atoms. The molecule has 0 aromatic carbocycles. The fourth-order valence-corrected chi connectivity index (χ4v) is 2.45. The van der Waals surface area contributed by atoms with E-state index in [0.717, 1.165) is 12.8 Å². The van der Waals surface area contributed by atoms with Gasteiger partial charge in [-0.15, -0.1) is 0 Å². The maximum atomic E-state index is 6.08. The molecule has 0 aliphatic heterocycles. The van der Waals surface area contributed by atoms with Crippen molar-refractivity contribution in [3.8, 4) is 0 Å². The predicted molar refractivity (Wildman–Crippen MR) is 68.5 cm³/mol. The Morgan fingerprint density at radius 3 is 1.27 bits per heavy atom. The first-order chi connectivity index (χ1) is 6.49. The molecule has 0 N–H and O–H groups in total. The van der Waals surface area contributed by atoms with Gasteiger partial charge in [-0.1, -0.05) is 64.7 Å². The van der Waals surface area contributed by atoms with Gasteiger partial charge in [0.05, 0.1) is 0 Å². The van der Waals surface area contributed by atoms with Crippen molar-refractivity contribution < 1.29 is 4.74 Å². The Bertz CT molecular complexity index is 159. The first kappa shape index (κ1) is 15.5. The Hall–Kier alpha value is 0.540. The van der Waals surface area contributed by atoms with E-state index in [4.69, 9.17) is 27.9 Å². The summed E-state index contributed by atoms with van der Waals surface area (Å²) in [4.78, 5) is 0. The van der Waals surface area contributed by atoms with Crippen LogP contribution in [0, 0.1) is 10.8 Å². The van der Waals surface area contributed by atoms with E-state index in [1.807, 2.05) is 0 Å². The van der Waals surface area contributed by atoms with Gasteiger partial charge >= 0.3 is 0 Å². The molecular weight excluding hydrogens is 231 g/mol. The van der Waals surface area contributed by atoms with Gasteiger partial charge in [-0.05, 0) is 23.7 Å². The molecule has 0 aliphatic rings. The highest BCUT2D eigenvalue weighted by Crippen LogP contribution is 2.29. The van der Waals surface area contributed by atoms with Gasteiger partial charge in [0.2, 0.25) is 0 Å². The summed E-state index contributed by atoms with van der Waals surface area (Å²) in [5.41, 5.74) is -0.250. The highest BCUT2D eigenvalue weighted by molar-refractivity contribution is 6.21. The topological polar surface area (TPSA) is 9.23 Å². The molecule has 0 aromatic rings. The van der Waals surface area contributed by atoms with Crippen LogP contribution in [0.1, 0.15) is 54.4 Å². The number of alkyl halides is 2. The molecule has 0 aliphatic carbocycles. The summed E-state index contributed by atoms with van der Waals surface area (Å²) in [6, 6.07) is 0. The van der Waals surface area contributed by atoms with Crippen molar-refractivity contribution in [3.63, 3.8) is 0 Å². The van der Waals surface area contributed by atoms with Crippen molar-refractivity contribution in [1.82, 2.24) is 0 Å². The molecule has 0 saturated carbocycles. The summed E-state index contributed by atoms with van der Waals surface area (Å²) in [7, 11) is 0. The first-order valence-corrected chi connectivity index (χ1v) is 6.30. The molecule has 1 nitrogen and oxygen atoms in total. The van der Waals surface area contributed by atoms with E-state index in [1.165, 1.54) is 0 Å². The maximum absolute atomic E-state index is 6.08. The molecule has 0 saturated heterocycles. The van der Waals surface area contributed by atoms with Crippen molar-refractivity contribution in [2.45, 2.75) is 65.5 Å². The molecule has 0 heterocycles. The van der Waals surface area contributed by atoms with Gasteiger partial charge in [0.25, 0.3) is 0 Å². The zero-order valence-electron chi connectivity index (χ0n) is 10.7. The SMILES string of the molecule is CC(C)(C)CC(Cl)OC(Cl)CC(C)(C)C. The predicted octanol–water partition coefficient (Wildman–Crippen LogP) is 5.01. The van der Waals surface area contributed by atoms with Gasteiger partial charge in [-0.25, -0.2) is 0 Å². The molecule has 2 unspecified atom stereocenters. The smallest absolute Gasteiger partial charge is 0.133 e. The van der Waals surface area contributed by atoms with Crippen LogP contribution in [0.25, 0.3) is 0 Å². The van der Waals surface area contributed by atoms with Gasteiger partial charge in [0, 0.05) is 0 Å². The minimum Gasteiger partial charge on any atom is -0.344 e. The fraction of sp³-hybridized carbons (Fsp3) is 1.00. The van der Waals surface area contributed by atoms with E-state index in [1.54, 1.807) is 0 Å². The minimum absolute atomic E-state index is 0.171. The van der Waals surface area contributed by atoms with Gasteiger partial charge < -0.3 is 4.74 Å². The molecule has 0 fully saturated rings. The normalized spacial score (nSPS) is 17.6. The van der Waals surface area contributed by atoms with Gasteiger partial charge in [0.1, 0.15) is 11.1 Å². The van der Waals surface area contributed by atoms with Crippen LogP contribution in [0.4, 0.5) is 0 Å². The fourth-order valence-electron chi connectivity index (χ4n) is 1.22. The van der Waals surface area contributed by atoms with Crippen LogP contribution < -0.4 is 0 Å². The van der Waals surface area contributed by atoms with E-state index >= 15 is 0 Å². The van der Waals surface area contributed by atoms with E-state index in [0.29, 0.717) is 0 Å². The molecule has 0 amide bonds. The number of ether oxygens (including phenoxy) is 1. The van der Waals surface area contributed by atoms with Gasteiger partial charge in [0.15, 0.2) is 0 Å². The summed E-state index contributed by atoms with van der Waals surface area (Å²) in [5.74, 6) is 0. The number of hydrogen-bond donors (Lipinski definition) is 0. The van der Waals surface area contributed by atoms with Crippen LogP contribution in [0.2, 0.25) is 0 Å². The highest BCUT2D eigenvalue weighted by atomic mass is 35.5. The summed E-state index contributed by atoms with van der Waals surface area (Å²) >= 11 is 12.2. The Kier molecular flexibility index (Phi) is 5.95. The van der Waals surface area contributed by atoms with Crippen molar-refractivity contribution in [2.24, 2.45) is 10.8 Å². The largest absolute Gasteiger partial charge is 0.344 e. The van der Waals surface area contributed by atoms with Crippen LogP contribution in [0.3, 0.4) is 0 Å². The van der Waals surface area contributed by atoms with Crippen molar-refractivity contribution in [3.05, 3.63) is 0 Å². The first-order valence-electron chi connectivity index (χ1n) is 5.43. The second-order valence-corrected chi connectivity index (χ2v) is 7.46. The van der Waals surface area contributed by atoms with Crippen LogP contribution in [0.15, 0.2) is 0 Å². The Labute approximate surface area is 104 Å². The number of hydrogen-bond acceptors (Lipinski definition) is 1. The molecule has 0 radical (unpaired) electrons. The molecular formula is C12H24Cl2O.